The maximum absolute atomic E-state index is 12.8. The first-order valence-corrected chi connectivity index (χ1v) is 8.03. The van der Waals surface area contributed by atoms with Gasteiger partial charge < -0.3 is 14.6 Å². The molecule has 3 rings (SSSR count). The number of aromatic nitrogens is 1. The van der Waals surface area contributed by atoms with Crippen molar-refractivity contribution in [1.29, 1.82) is 0 Å². The fraction of sp³-hybridized carbons (Fsp3) is 0.150. The number of ether oxygens (including phenoxy) is 1. The lowest BCUT2D eigenvalue weighted by Crippen LogP contribution is -2.14. The zero-order valence-corrected chi connectivity index (χ0v) is 14.7. The second-order valence-electron chi connectivity index (χ2n) is 5.80. The van der Waals surface area contributed by atoms with Crippen LogP contribution in [0.3, 0.4) is 0 Å². The Morgan fingerprint density at radius 3 is 2.46 bits per heavy atom. The Morgan fingerprint density at radius 2 is 1.81 bits per heavy atom. The van der Waals surface area contributed by atoms with E-state index in [1.165, 1.54) is 7.11 Å². The van der Waals surface area contributed by atoms with Crippen molar-refractivity contribution in [3.63, 3.8) is 0 Å². The van der Waals surface area contributed by atoms with Crippen molar-refractivity contribution >= 4 is 17.6 Å². The number of hydrogen-bond donors (Lipinski definition) is 1. The Labute approximate surface area is 150 Å². The predicted octanol–water partition coefficient (Wildman–Crippen LogP) is 4.00. The molecule has 0 aliphatic rings. The molecule has 0 fully saturated rings. The maximum atomic E-state index is 12.8. The second-order valence-corrected chi connectivity index (χ2v) is 5.80. The van der Waals surface area contributed by atoms with Crippen molar-refractivity contribution < 1.29 is 18.8 Å². The number of nitrogens with one attached hydrogen (secondary N) is 1. The average Bonchev–Trinajstić information content (AvgIpc) is 3.05. The topological polar surface area (TPSA) is 81.4 Å². The van der Waals surface area contributed by atoms with Gasteiger partial charge in [-0.2, -0.15) is 0 Å². The van der Waals surface area contributed by atoms with Crippen LogP contribution in [0.5, 0.6) is 0 Å². The van der Waals surface area contributed by atoms with Gasteiger partial charge in [0, 0.05) is 11.3 Å². The van der Waals surface area contributed by atoms with Crippen LogP contribution in [0.25, 0.3) is 11.3 Å². The van der Waals surface area contributed by atoms with Crippen LogP contribution in [0.4, 0.5) is 5.69 Å². The minimum Gasteiger partial charge on any atom is -0.465 e. The summed E-state index contributed by atoms with van der Waals surface area (Å²) in [5.74, 6) is -0.311. The number of esters is 1. The lowest BCUT2D eigenvalue weighted by Gasteiger charge is -2.10. The zero-order valence-electron chi connectivity index (χ0n) is 14.7. The monoisotopic (exact) mass is 350 g/mol. The van der Waals surface area contributed by atoms with Crippen LogP contribution >= 0.6 is 0 Å². The molecule has 1 N–H and O–H groups in total. The molecular formula is C20H18N2O4. The molecule has 0 bridgehead atoms. The molecule has 26 heavy (non-hydrogen) atoms. The number of aryl methyl sites for hydroxylation is 2. The molecule has 0 unspecified atom stereocenters. The average molecular weight is 350 g/mol. The van der Waals surface area contributed by atoms with Gasteiger partial charge in [0.05, 0.1) is 12.7 Å². The van der Waals surface area contributed by atoms with Crippen molar-refractivity contribution in [2.45, 2.75) is 13.8 Å². The molecule has 0 spiro atoms. The van der Waals surface area contributed by atoms with Crippen molar-refractivity contribution in [3.05, 3.63) is 71.0 Å². The number of carbonyl (C=O) groups is 2. The summed E-state index contributed by atoms with van der Waals surface area (Å²) in [6.45, 7) is 3.50. The van der Waals surface area contributed by atoms with E-state index in [1.807, 2.05) is 30.3 Å². The first-order valence-electron chi connectivity index (χ1n) is 8.03. The van der Waals surface area contributed by atoms with Crippen LogP contribution < -0.4 is 5.32 Å². The highest BCUT2D eigenvalue weighted by Gasteiger charge is 2.22. The summed E-state index contributed by atoms with van der Waals surface area (Å²) in [7, 11) is 1.33. The van der Waals surface area contributed by atoms with Crippen molar-refractivity contribution in [3.8, 4) is 11.3 Å². The van der Waals surface area contributed by atoms with Gasteiger partial charge in [0.2, 0.25) is 0 Å². The molecule has 3 aromatic rings. The molecule has 0 saturated heterocycles. The molecule has 0 aliphatic heterocycles. The Balaban J connectivity index is 1.90. The Hall–Kier alpha value is -3.41. The molecule has 1 heterocycles. The van der Waals surface area contributed by atoms with Gasteiger partial charge >= 0.3 is 5.97 Å². The van der Waals surface area contributed by atoms with Crippen molar-refractivity contribution in [2.75, 3.05) is 12.4 Å². The van der Waals surface area contributed by atoms with E-state index < -0.39 is 5.97 Å². The van der Waals surface area contributed by atoms with Gasteiger partial charge in [-0.25, -0.2) is 4.79 Å². The quantitative estimate of drug-likeness (QED) is 0.719. The maximum Gasteiger partial charge on any atom is 0.337 e. The fourth-order valence-corrected chi connectivity index (χ4v) is 2.67. The van der Waals surface area contributed by atoms with Gasteiger partial charge in [-0.15, -0.1) is 0 Å². The minimum atomic E-state index is -0.424. The van der Waals surface area contributed by atoms with E-state index in [4.69, 9.17) is 9.26 Å². The number of rotatable bonds is 4. The Kier molecular flexibility index (Phi) is 4.84. The molecule has 0 saturated carbocycles. The minimum absolute atomic E-state index is 0.323. The second kappa shape index (κ2) is 7.23. The van der Waals surface area contributed by atoms with E-state index in [0.717, 1.165) is 11.1 Å². The first kappa shape index (κ1) is 17.4. The summed E-state index contributed by atoms with van der Waals surface area (Å²) in [6, 6.07) is 14.3. The number of carbonyl (C=O) groups excluding carboxylic acids is 2. The van der Waals surface area contributed by atoms with Gasteiger partial charge in [0.25, 0.3) is 5.91 Å². The SMILES string of the molecule is COC(=O)c1ccc(NC(=O)c2c(-c3ccccc3)noc2C)c(C)c1. The first-order chi connectivity index (χ1) is 12.5. The predicted molar refractivity (Wildman–Crippen MR) is 97.1 cm³/mol. The van der Waals surface area contributed by atoms with Crippen LogP contribution in [-0.2, 0) is 4.74 Å². The van der Waals surface area contributed by atoms with Gasteiger partial charge in [-0.1, -0.05) is 35.5 Å². The third-order valence-corrected chi connectivity index (χ3v) is 4.03. The fourth-order valence-electron chi connectivity index (χ4n) is 2.67. The lowest BCUT2D eigenvalue weighted by atomic mass is 10.0. The largest absolute Gasteiger partial charge is 0.465 e. The molecule has 1 aromatic heterocycles. The van der Waals surface area contributed by atoms with Gasteiger partial charge in [-0.05, 0) is 37.6 Å². The standard InChI is InChI=1S/C20H18N2O4/c1-12-11-15(20(24)25-3)9-10-16(12)21-19(23)17-13(2)26-22-18(17)14-7-5-4-6-8-14/h4-11H,1-3H3,(H,21,23). The van der Waals surface area contributed by atoms with Gasteiger partial charge in [0.15, 0.2) is 0 Å². The number of nitrogens with zero attached hydrogens (tertiary/aromatic N) is 1. The van der Waals surface area contributed by atoms with E-state index in [0.29, 0.717) is 28.3 Å². The molecule has 2 aromatic carbocycles. The summed E-state index contributed by atoms with van der Waals surface area (Å²) in [5.41, 5.74) is 3.44. The van der Waals surface area contributed by atoms with E-state index >= 15 is 0 Å². The summed E-state index contributed by atoms with van der Waals surface area (Å²) >= 11 is 0. The smallest absolute Gasteiger partial charge is 0.337 e. The normalized spacial score (nSPS) is 10.4. The molecular weight excluding hydrogens is 332 g/mol. The zero-order chi connectivity index (χ0) is 18.7. The van der Waals surface area contributed by atoms with Crippen molar-refractivity contribution in [1.82, 2.24) is 5.16 Å². The summed E-state index contributed by atoms with van der Waals surface area (Å²) in [5, 5.41) is 6.88. The van der Waals surface area contributed by atoms with Crippen LogP contribution in [-0.4, -0.2) is 24.1 Å². The summed E-state index contributed by atoms with van der Waals surface area (Å²) < 4.78 is 9.94. The highest BCUT2D eigenvalue weighted by Crippen LogP contribution is 2.26. The van der Waals surface area contributed by atoms with E-state index in [2.05, 4.69) is 10.5 Å². The van der Waals surface area contributed by atoms with Crippen molar-refractivity contribution in [2.24, 2.45) is 0 Å². The van der Waals surface area contributed by atoms with Crippen LogP contribution in [0.2, 0.25) is 0 Å². The number of anilines is 1. The molecule has 0 aliphatic carbocycles. The van der Waals surface area contributed by atoms with Crippen LogP contribution in [0.15, 0.2) is 53.1 Å². The molecule has 6 nitrogen and oxygen atoms in total. The molecule has 0 radical (unpaired) electrons. The van der Waals surface area contributed by atoms with E-state index in [9.17, 15) is 9.59 Å². The number of amides is 1. The molecule has 0 atom stereocenters. The van der Waals surface area contributed by atoms with Crippen LogP contribution in [0, 0.1) is 13.8 Å². The summed E-state index contributed by atoms with van der Waals surface area (Å²) in [6.07, 6.45) is 0. The Bertz CT molecular complexity index is 961. The molecule has 132 valence electrons. The Morgan fingerprint density at radius 1 is 1.08 bits per heavy atom. The number of hydrogen-bond acceptors (Lipinski definition) is 5. The third-order valence-electron chi connectivity index (χ3n) is 4.03. The van der Waals surface area contributed by atoms with Crippen LogP contribution in [0.1, 0.15) is 32.0 Å². The highest BCUT2D eigenvalue weighted by atomic mass is 16.5. The lowest BCUT2D eigenvalue weighted by molar-refractivity contribution is 0.0600. The number of benzene rings is 2. The van der Waals surface area contributed by atoms with E-state index in [1.54, 1.807) is 32.0 Å². The van der Waals surface area contributed by atoms with Gasteiger partial charge in [-0.3, -0.25) is 4.79 Å². The molecule has 6 heteroatoms. The van der Waals surface area contributed by atoms with E-state index in [-0.39, 0.29) is 5.91 Å². The third kappa shape index (κ3) is 3.35. The molecule has 1 amide bonds. The summed E-state index contributed by atoms with van der Waals surface area (Å²) in [4.78, 5) is 24.4. The van der Waals surface area contributed by atoms with Gasteiger partial charge in [0.1, 0.15) is 17.0 Å². The highest BCUT2D eigenvalue weighted by molar-refractivity contribution is 6.09. The number of methoxy groups -OCH3 is 1.